The molecule has 0 aliphatic carbocycles. The molecule has 35 heavy (non-hydrogen) atoms. The molecule has 5 N–H and O–H groups in total. The van der Waals surface area contributed by atoms with Crippen molar-refractivity contribution in [1.82, 2.24) is 14.9 Å². The maximum absolute atomic E-state index is 13.4. The summed E-state index contributed by atoms with van der Waals surface area (Å²) >= 11 is 0. The van der Waals surface area contributed by atoms with Gasteiger partial charge in [-0.25, -0.2) is 15.8 Å². The van der Waals surface area contributed by atoms with Crippen LogP contribution < -0.4 is 21.9 Å². The number of nitrogens with zero attached hydrogens (tertiary/aromatic N) is 4. The van der Waals surface area contributed by atoms with Crippen LogP contribution in [0.4, 0.5) is 24.5 Å². The summed E-state index contributed by atoms with van der Waals surface area (Å²) < 4.78 is 40.2. The molecular formula is C24H26F3N7O. The molecule has 0 saturated heterocycles. The number of nitrogens with two attached hydrogens (primary N) is 2. The van der Waals surface area contributed by atoms with Gasteiger partial charge in [-0.2, -0.15) is 13.2 Å². The molecule has 2 aromatic carbocycles. The maximum atomic E-state index is 13.4. The largest absolute Gasteiger partial charge is 0.416 e. The molecule has 0 saturated carbocycles. The lowest BCUT2D eigenvalue weighted by Crippen LogP contribution is -2.26. The lowest BCUT2D eigenvalue weighted by Gasteiger charge is -2.19. The Bertz CT molecular complexity index is 1230. The fourth-order valence-electron chi connectivity index (χ4n) is 3.35. The van der Waals surface area contributed by atoms with E-state index in [9.17, 15) is 18.0 Å². The van der Waals surface area contributed by atoms with Crippen LogP contribution in [0.5, 0.6) is 0 Å². The monoisotopic (exact) mass is 485 g/mol. The minimum absolute atomic E-state index is 0.100. The molecule has 1 aromatic heterocycles. The summed E-state index contributed by atoms with van der Waals surface area (Å²) in [5.41, 5.74) is 8.02. The molecule has 0 unspecified atom stereocenters. The number of aryl methyl sites for hydroxylation is 1. The molecular weight excluding hydrogens is 459 g/mol. The van der Waals surface area contributed by atoms with Crippen molar-refractivity contribution in [3.63, 3.8) is 0 Å². The lowest BCUT2D eigenvalue weighted by atomic mass is 10.0. The molecule has 11 heteroatoms. The van der Waals surface area contributed by atoms with E-state index in [-0.39, 0.29) is 12.1 Å². The number of hydrogen-bond donors (Lipinski definition) is 3. The molecule has 0 spiro atoms. The topological polar surface area (TPSA) is 113 Å². The van der Waals surface area contributed by atoms with E-state index in [1.165, 1.54) is 36.0 Å². The number of nitrogens with one attached hydrogen (secondary N) is 1. The lowest BCUT2D eigenvalue weighted by molar-refractivity contribution is -0.137. The third kappa shape index (κ3) is 6.78. The predicted molar refractivity (Wildman–Crippen MR) is 129 cm³/mol. The number of amides is 1. The first-order valence-electron chi connectivity index (χ1n) is 10.5. The highest BCUT2D eigenvalue weighted by atomic mass is 19.4. The van der Waals surface area contributed by atoms with Crippen LogP contribution in [0.25, 0.3) is 5.70 Å². The van der Waals surface area contributed by atoms with Crippen molar-refractivity contribution in [2.24, 2.45) is 11.6 Å². The number of anilines is 2. The summed E-state index contributed by atoms with van der Waals surface area (Å²) in [5, 5.41) is 3.94. The van der Waals surface area contributed by atoms with Gasteiger partial charge >= 0.3 is 6.18 Å². The second-order valence-electron chi connectivity index (χ2n) is 8.23. The van der Waals surface area contributed by atoms with Crippen LogP contribution in [0, 0.1) is 6.92 Å². The number of carbonyl (C=O) groups excluding carboxylic acids is 1. The Morgan fingerprint density at radius 2 is 1.77 bits per heavy atom. The van der Waals surface area contributed by atoms with Crippen LogP contribution in [0.15, 0.2) is 61.3 Å². The van der Waals surface area contributed by atoms with Crippen molar-refractivity contribution >= 4 is 23.0 Å². The predicted octanol–water partition coefficient (Wildman–Crippen LogP) is 3.76. The normalized spacial score (nSPS) is 12.1. The third-order valence-corrected chi connectivity index (χ3v) is 5.00. The molecule has 184 valence electrons. The molecule has 1 heterocycles. The molecule has 3 aromatic rings. The SMILES string of the molecule is Cc1ccc(NC(=O)c2cc(CN(C)C)cc(C(F)(F)F)c2)cc1N(N)/C=C(\N)c1cncnc1. The average molecular weight is 486 g/mol. The van der Waals surface area contributed by atoms with Gasteiger partial charge in [-0.15, -0.1) is 0 Å². The summed E-state index contributed by atoms with van der Waals surface area (Å²) in [6.45, 7) is 2.07. The summed E-state index contributed by atoms with van der Waals surface area (Å²) in [4.78, 5) is 22.4. The van der Waals surface area contributed by atoms with Gasteiger partial charge < -0.3 is 16.0 Å². The summed E-state index contributed by atoms with van der Waals surface area (Å²) in [5.74, 6) is 5.50. The van der Waals surface area contributed by atoms with Gasteiger partial charge in [0.15, 0.2) is 0 Å². The number of rotatable bonds is 7. The first kappa shape index (κ1) is 25.7. The number of hydrazine groups is 1. The minimum Gasteiger partial charge on any atom is -0.397 e. The van der Waals surface area contributed by atoms with Crippen molar-refractivity contribution in [2.75, 3.05) is 24.4 Å². The smallest absolute Gasteiger partial charge is 0.397 e. The summed E-state index contributed by atoms with van der Waals surface area (Å²) in [6, 6.07) is 8.29. The zero-order chi connectivity index (χ0) is 25.8. The van der Waals surface area contributed by atoms with Crippen molar-refractivity contribution in [1.29, 1.82) is 0 Å². The van der Waals surface area contributed by atoms with E-state index in [2.05, 4.69) is 15.3 Å². The standard InChI is InChI=1S/C24H26F3N7O/c1-15-4-5-20(9-22(15)34(29)13-21(28)18-10-30-14-31-11-18)32-23(35)17-6-16(12-33(2)3)7-19(8-17)24(25,26)27/h4-11,13-14H,12,28-29H2,1-3H3,(H,32,35)/b21-13-. The second-order valence-corrected chi connectivity index (χ2v) is 8.23. The van der Waals surface area contributed by atoms with Crippen LogP contribution >= 0.6 is 0 Å². The molecule has 0 fully saturated rings. The van der Waals surface area contributed by atoms with Gasteiger partial charge in [0.05, 0.1) is 16.9 Å². The van der Waals surface area contributed by atoms with Gasteiger partial charge in [0.25, 0.3) is 5.91 Å². The zero-order valence-electron chi connectivity index (χ0n) is 19.5. The fourth-order valence-corrected chi connectivity index (χ4v) is 3.35. The quantitative estimate of drug-likeness (QED) is 0.345. The van der Waals surface area contributed by atoms with Gasteiger partial charge in [-0.3, -0.25) is 9.80 Å². The van der Waals surface area contributed by atoms with Gasteiger partial charge in [0.1, 0.15) is 6.33 Å². The number of hydrogen-bond acceptors (Lipinski definition) is 7. The van der Waals surface area contributed by atoms with Crippen molar-refractivity contribution in [2.45, 2.75) is 19.6 Å². The van der Waals surface area contributed by atoms with Crippen LogP contribution in [-0.2, 0) is 12.7 Å². The second kappa shape index (κ2) is 10.5. The van der Waals surface area contributed by atoms with Gasteiger partial charge in [-0.05, 0) is 62.5 Å². The summed E-state index contributed by atoms with van der Waals surface area (Å²) in [7, 11) is 3.47. The number of alkyl halides is 3. The van der Waals surface area contributed by atoms with E-state index in [1.54, 1.807) is 37.2 Å². The molecule has 0 aliphatic heterocycles. The molecule has 0 bridgehead atoms. The van der Waals surface area contributed by atoms with Crippen molar-refractivity contribution in [3.8, 4) is 0 Å². The molecule has 0 radical (unpaired) electrons. The Balaban J connectivity index is 1.87. The fraction of sp³-hybridized carbons (Fsp3) is 0.208. The van der Waals surface area contributed by atoms with Gasteiger partial charge in [0, 0.05) is 42.0 Å². The van der Waals surface area contributed by atoms with E-state index in [4.69, 9.17) is 11.6 Å². The Kier molecular flexibility index (Phi) is 7.72. The van der Waals surface area contributed by atoms with Crippen molar-refractivity contribution in [3.05, 3.63) is 89.1 Å². The average Bonchev–Trinajstić information content (AvgIpc) is 2.79. The van der Waals surface area contributed by atoms with Gasteiger partial charge in [0.2, 0.25) is 0 Å². The van der Waals surface area contributed by atoms with E-state index in [0.29, 0.717) is 28.2 Å². The Morgan fingerprint density at radius 3 is 2.40 bits per heavy atom. The van der Waals surface area contributed by atoms with Gasteiger partial charge in [-0.1, -0.05) is 6.07 Å². The molecule has 0 atom stereocenters. The highest BCUT2D eigenvalue weighted by Gasteiger charge is 2.32. The van der Waals surface area contributed by atoms with Crippen LogP contribution in [-0.4, -0.2) is 34.9 Å². The first-order valence-corrected chi connectivity index (χ1v) is 10.5. The van der Waals surface area contributed by atoms with E-state index >= 15 is 0 Å². The highest BCUT2D eigenvalue weighted by molar-refractivity contribution is 6.04. The molecule has 1 amide bonds. The van der Waals surface area contributed by atoms with Crippen LogP contribution in [0.3, 0.4) is 0 Å². The number of carbonyl (C=O) groups is 1. The van der Waals surface area contributed by atoms with E-state index < -0.39 is 17.6 Å². The number of halogens is 3. The van der Waals surface area contributed by atoms with E-state index in [1.807, 2.05) is 6.92 Å². The molecule has 8 nitrogen and oxygen atoms in total. The van der Waals surface area contributed by atoms with Crippen LogP contribution in [0.2, 0.25) is 0 Å². The minimum atomic E-state index is -4.58. The Hall–Kier alpha value is -3.96. The van der Waals surface area contributed by atoms with E-state index in [0.717, 1.165) is 17.7 Å². The first-order chi connectivity index (χ1) is 16.4. The highest BCUT2D eigenvalue weighted by Crippen LogP contribution is 2.31. The number of aromatic nitrogens is 2. The van der Waals surface area contributed by atoms with Crippen LogP contribution in [0.1, 0.15) is 32.6 Å². The summed E-state index contributed by atoms with van der Waals surface area (Å²) in [6.07, 6.45) is 1.35. The Morgan fingerprint density at radius 1 is 1.09 bits per heavy atom. The van der Waals surface area contributed by atoms with Crippen molar-refractivity contribution < 1.29 is 18.0 Å². The Labute approximate surface area is 201 Å². The molecule has 0 aliphatic rings. The third-order valence-electron chi connectivity index (χ3n) is 5.00. The molecule has 3 rings (SSSR count). The number of benzene rings is 2. The maximum Gasteiger partial charge on any atom is 0.416 e. The zero-order valence-corrected chi connectivity index (χ0v) is 19.5.